The minimum Gasteiger partial charge on any atom is -0.348 e. The van der Waals surface area contributed by atoms with E-state index in [9.17, 15) is 8.42 Å². The lowest BCUT2D eigenvalue weighted by Gasteiger charge is -2.31. The molecule has 5 nitrogen and oxygen atoms in total. The molecule has 1 N–H and O–H groups in total. The van der Waals surface area contributed by atoms with Gasteiger partial charge in [-0.25, -0.2) is 18.1 Å². The Labute approximate surface area is 140 Å². The van der Waals surface area contributed by atoms with Crippen LogP contribution in [-0.4, -0.2) is 32.5 Å². The SMILES string of the molecule is O=S(=O)(NC1CCN(c2nccs2)CC1)c1ccc(Br)s1. The van der Waals surface area contributed by atoms with Gasteiger partial charge in [0.1, 0.15) is 4.21 Å². The molecule has 3 rings (SSSR count). The first-order valence-corrected chi connectivity index (χ1v) is 10.4. The summed E-state index contributed by atoms with van der Waals surface area (Å²) >= 11 is 6.14. The molecule has 0 radical (unpaired) electrons. The lowest BCUT2D eigenvalue weighted by molar-refractivity contribution is 0.460. The number of hydrogen-bond donors (Lipinski definition) is 1. The zero-order valence-electron chi connectivity index (χ0n) is 11.0. The fraction of sp³-hybridized carbons (Fsp3) is 0.417. The smallest absolute Gasteiger partial charge is 0.250 e. The number of thiazole rings is 1. The van der Waals surface area contributed by atoms with E-state index in [1.54, 1.807) is 29.7 Å². The van der Waals surface area contributed by atoms with Crippen molar-refractivity contribution in [2.45, 2.75) is 23.1 Å². The van der Waals surface area contributed by atoms with Crippen molar-refractivity contribution in [3.8, 4) is 0 Å². The molecule has 1 fully saturated rings. The molecule has 0 unspecified atom stereocenters. The molecule has 0 spiro atoms. The summed E-state index contributed by atoms with van der Waals surface area (Å²) in [6.45, 7) is 1.66. The number of hydrogen-bond acceptors (Lipinski definition) is 6. The molecule has 1 aliphatic heterocycles. The van der Waals surface area contributed by atoms with Crippen LogP contribution in [0, 0.1) is 0 Å². The van der Waals surface area contributed by atoms with Gasteiger partial charge >= 0.3 is 0 Å². The minimum atomic E-state index is -3.40. The van der Waals surface area contributed by atoms with E-state index in [1.807, 2.05) is 5.38 Å². The van der Waals surface area contributed by atoms with Gasteiger partial charge in [-0.1, -0.05) is 0 Å². The van der Waals surface area contributed by atoms with E-state index < -0.39 is 10.0 Å². The summed E-state index contributed by atoms with van der Waals surface area (Å²) in [5.74, 6) is 0. The molecule has 1 saturated heterocycles. The minimum absolute atomic E-state index is 0.00733. The Hall–Kier alpha value is -0.480. The third-order valence-electron chi connectivity index (χ3n) is 3.32. The second-order valence-electron chi connectivity index (χ2n) is 4.76. The van der Waals surface area contributed by atoms with Crippen LogP contribution in [-0.2, 0) is 10.0 Å². The number of piperidine rings is 1. The largest absolute Gasteiger partial charge is 0.348 e. The fourth-order valence-electron chi connectivity index (χ4n) is 2.28. The van der Waals surface area contributed by atoms with Crippen LogP contribution < -0.4 is 9.62 Å². The van der Waals surface area contributed by atoms with E-state index in [2.05, 4.69) is 30.5 Å². The van der Waals surface area contributed by atoms with E-state index in [1.165, 1.54) is 11.3 Å². The van der Waals surface area contributed by atoms with Crippen molar-refractivity contribution in [3.63, 3.8) is 0 Å². The zero-order valence-corrected chi connectivity index (χ0v) is 15.1. The molecule has 0 aromatic carbocycles. The molecular formula is C12H14BrN3O2S3. The van der Waals surface area contributed by atoms with E-state index in [0.29, 0.717) is 4.21 Å². The maximum absolute atomic E-state index is 12.3. The second-order valence-corrected chi connectivity index (χ2v) is 10.0. The fourth-order valence-corrected chi connectivity index (χ4v) is 6.31. The van der Waals surface area contributed by atoms with Crippen LogP contribution in [0.25, 0.3) is 0 Å². The molecular weight excluding hydrogens is 394 g/mol. The molecule has 0 atom stereocenters. The van der Waals surface area contributed by atoms with Crippen molar-refractivity contribution in [1.82, 2.24) is 9.71 Å². The third kappa shape index (κ3) is 3.65. The highest BCUT2D eigenvalue weighted by molar-refractivity contribution is 9.11. The summed E-state index contributed by atoms with van der Waals surface area (Å²) in [5, 5.41) is 2.97. The Bertz CT molecular complexity index is 691. The van der Waals surface area contributed by atoms with Crippen LogP contribution in [0.4, 0.5) is 5.13 Å². The topological polar surface area (TPSA) is 62.3 Å². The molecule has 9 heteroatoms. The molecule has 0 saturated carbocycles. The van der Waals surface area contributed by atoms with Crippen molar-refractivity contribution in [1.29, 1.82) is 0 Å². The van der Waals surface area contributed by atoms with E-state index >= 15 is 0 Å². The van der Waals surface area contributed by atoms with Gasteiger partial charge < -0.3 is 4.90 Å². The monoisotopic (exact) mass is 407 g/mol. The standard InChI is InChI=1S/C12H14BrN3O2S3/c13-10-1-2-11(20-10)21(17,18)15-9-3-6-16(7-4-9)12-14-5-8-19-12/h1-2,5,8-9,15H,3-4,6-7H2. The van der Waals surface area contributed by atoms with Gasteiger partial charge in [-0.2, -0.15) is 0 Å². The molecule has 0 bridgehead atoms. The van der Waals surface area contributed by atoms with E-state index in [-0.39, 0.29) is 6.04 Å². The molecule has 2 aromatic rings. The number of halogens is 1. The summed E-state index contributed by atoms with van der Waals surface area (Å²) in [6, 6.07) is 3.37. The first-order chi connectivity index (χ1) is 10.0. The van der Waals surface area contributed by atoms with Gasteiger partial charge in [0, 0.05) is 30.7 Å². The van der Waals surface area contributed by atoms with Gasteiger partial charge in [-0.3, -0.25) is 0 Å². The van der Waals surface area contributed by atoms with Crippen molar-refractivity contribution in [2.24, 2.45) is 0 Å². The van der Waals surface area contributed by atoms with Gasteiger partial charge in [0.25, 0.3) is 0 Å². The Morgan fingerprint density at radius 3 is 2.67 bits per heavy atom. The summed E-state index contributed by atoms with van der Waals surface area (Å²) in [4.78, 5) is 6.50. The highest BCUT2D eigenvalue weighted by Gasteiger charge is 2.26. The quantitative estimate of drug-likeness (QED) is 0.845. The van der Waals surface area contributed by atoms with Gasteiger partial charge in [0.15, 0.2) is 5.13 Å². The van der Waals surface area contributed by atoms with Crippen LogP contribution >= 0.6 is 38.6 Å². The zero-order chi connectivity index (χ0) is 14.9. The number of thiophene rings is 1. The molecule has 0 amide bonds. The van der Waals surface area contributed by atoms with Crippen LogP contribution in [0.2, 0.25) is 0 Å². The summed E-state index contributed by atoms with van der Waals surface area (Å²) in [5.41, 5.74) is 0. The van der Waals surface area contributed by atoms with Crippen LogP contribution in [0.1, 0.15) is 12.8 Å². The van der Waals surface area contributed by atoms with Gasteiger partial charge in [0.05, 0.1) is 3.79 Å². The maximum Gasteiger partial charge on any atom is 0.250 e. The Morgan fingerprint density at radius 2 is 2.10 bits per heavy atom. The highest BCUT2D eigenvalue weighted by atomic mass is 79.9. The van der Waals surface area contributed by atoms with Crippen molar-refractivity contribution < 1.29 is 8.42 Å². The number of rotatable bonds is 4. The van der Waals surface area contributed by atoms with Gasteiger partial charge in [0.2, 0.25) is 10.0 Å². The molecule has 0 aliphatic carbocycles. The number of aromatic nitrogens is 1. The lowest BCUT2D eigenvalue weighted by atomic mass is 10.1. The van der Waals surface area contributed by atoms with Gasteiger partial charge in [-0.15, -0.1) is 22.7 Å². The van der Waals surface area contributed by atoms with Gasteiger partial charge in [-0.05, 0) is 40.9 Å². The summed E-state index contributed by atoms with van der Waals surface area (Å²) < 4.78 is 28.5. The molecule has 2 aromatic heterocycles. The van der Waals surface area contributed by atoms with Crippen molar-refractivity contribution in [2.75, 3.05) is 18.0 Å². The number of nitrogens with one attached hydrogen (secondary N) is 1. The summed E-state index contributed by atoms with van der Waals surface area (Å²) in [7, 11) is -3.40. The highest BCUT2D eigenvalue weighted by Crippen LogP contribution is 2.27. The predicted molar refractivity (Wildman–Crippen MR) is 89.7 cm³/mol. The van der Waals surface area contributed by atoms with E-state index in [0.717, 1.165) is 34.8 Å². The Morgan fingerprint density at radius 1 is 1.33 bits per heavy atom. The van der Waals surface area contributed by atoms with Crippen LogP contribution in [0.15, 0.2) is 31.7 Å². The third-order valence-corrected chi connectivity index (χ3v) is 7.79. The van der Waals surface area contributed by atoms with Crippen molar-refractivity contribution >= 4 is 53.8 Å². The van der Waals surface area contributed by atoms with Crippen molar-refractivity contribution in [3.05, 3.63) is 27.5 Å². The molecule has 3 heterocycles. The lowest BCUT2D eigenvalue weighted by Crippen LogP contribution is -2.44. The first kappa shape index (κ1) is 15.4. The molecule has 114 valence electrons. The van der Waals surface area contributed by atoms with Crippen LogP contribution in [0.3, 0.4) is 0 Å². The normalized spacial score (nSPS) is 17.3. The predicted octanol–water partition coefficient (Wildman–Crippen LogP) is 2.91. The molecule has 1 aliphatic rings. The Kier molecular flexibility index (Phi) is 4.65. The Balaban J connectivity index is 1.60. The number of nitrogens with zero attached hydrogens (tertiary/aromatic N) is 2. The molecule has 21 heavy (non-hydrogen) atoms. The second kappa shape index (κ2) is 6.33. The number of anilines is 1. The first-order valence-electron chi connectivity index (χ1n) is 6.47. The number of sulfonamides is 1. The maximum atomic E-state index is 12.3. The van der Waals surface area contributed by atoms with E-state index in [4.69, 9.17) is 0 Å². The van der Waals surface area contributed by atoms with Crippen LogP contribution in [0.5, 0.6) is 0 Å². The average molecular weight is 408 g/mol. The average Bonchev–Trinajstić information content (AvgIpc) is 3.10. The summed E-state index contributed by atoms with van der Waals surface area (Å²) in [6.07, 6.45) is 3.39.